The first kappa shape index (κ1) is 29.2. The maximum absolute atomic E-state index is 6.74. The Hall–Kier alpha value is -6.40. The van der Waals surface area contributed by atoms with Crippen LogP contribution in [-0.4, -0.2) is 9.13 Å². The lowest BCUT2D eigenvalue weighted by Crippen LogP contribution is -1.95. The van der Waals surface area contributed by atoms with Gasteiger partial charge in [0.15, 0.2) is 0 Å². The molecule has 0 spiro atoms. The molecule has 53 heavy (non-hydrogen) atoms. The third kappa shape index (κ3) is 4.20. The summed E-state index contributed by atoms with van der Waals surface area (Å²) in [7, 11) is 0. The van der Waals surface area contributed by atoms with Gasteiger partial charge in [0.05, 0.1) is 33.4 Å². The molecule has 0 amide bonds. The Kier molecular flexibility index (Phi) is 6.09. The number of hydrogen-bond acceptors (Lipinski definition) is 3. The minimum absolute atomic E-state index is 0.817. The summed E-state index contributed by atoms with van der Waals surface area (Å²) < 4.78 is 16.8. The Bertz CT molecular complexity index is 3220. The van der Waals surface area contributed by atoms with Crippen LogP contribution in [0.4, 0.5) is 0 Å². The van der Waals surface area contributed by atoms with Crippen LogP contribution in [0.1, 0.15) is 0 Å². The maximum Gasteiger partial charge on any atom is 0.128 e. The summed E-state index contributed by atoms with van der Waals surface area (Å²) in [5.74, 6) is 1.63. The minimum atomic E-state index is 0.817. The zero-order valence-electron chi connectivity index (χ0n) is 28.3. The number of thiophene rings is 2. The van der Waals surface area contributed by atoms with Crippen LogP contribution >= 0.6 is 22.7 Å². The molecule has 0 atom stereocenters. The average Bonchev–Trinajstić information content (AvgIpc) is 3.95. The molecule has 0 N–H and O–H groups in total. The van der Waals surface area contributed by atoms with Crippen molar-refractivity contribution >= 4 is 107 Å². The van der Waals surface area contributed by atoms with Crippen LogP contribution in [0.3, 0.4) is 0 Å². The first-order chi connectivity index (χ1) is 26.3. The lowest BCUT2D eigenvalue weighted by Gasteiger charge is -2.11. The van der Waals surface area contributed by atoms with Crippen LogP contribution in [0.5, 0.6) is 11.5 Å². The van der Waals surface area contributed by atoms with Crippen LogP contribution in [0, 0.1) is 0 Å². The largest absolute Gasteiger partial charge is 0.457 e. The van der Waals surface area contributed by atoms with Crippen LogP contribution < -0.4 is 4.74 Å². The predicted molar refractivity (Wildman–Crippen MR) is 227 cm³/mol. The summed E-state index contributed by atoms with van der Waals surface area (Å²) in [6, 6.07) is 61.3. The molecule has 4 aromatic heterocycles. The van der Waals surface area contributed by atoms with E-state index in [9.17, 15) is 0 Å². The van der Waals surface area contributed by atoms with Crippen LogP contribution in [-0.2, 0) is 0 Å². The van der Waals surface area contributed by atoms with Crippen LogP contribution in [0.15, 0.2) is 170 Å². The molecule has 0 saturated heterocycles. The molecule has 0 aliphatic rings. The lowest BCUT2D eigenvalue weighted by atomic mass is 10.1. The molecule has 0 fully saturated rings. The summed E-state index contributed by atoms with van der Waals surface area (Å²) in [5.41, 5.74) is 7.10. The van der Waals surface area contributed by atoms with Crippen molar-refractivity contribution in [3.8, 4) is 22.9 Å². The van der Waals surface area contributed by atoms with Gasteiger partial charge < -0.3 is 13.9 Å². The number of nitrogens with zero attached hydrogens (tertiary/aromatic N) is 2. The van der Waals surface area contributed by atoms with Crippen molar-refractivity contribution in [2.45, 2.75) is 0 Å². The summed E-state index contributed by atoms with van der Waals surface area (Å²) in [6.07, 6.45) is 0. The molecule has 3 nitrogen and oxygen atoms in total. The molecule has 5 heteroatoms. The van der Waals surface area contributed by atoms with Gasteiger partial charge in [-0.15, -0.1) is 22.7 Å². The fourth-order valence-electron chi connectivity index (χ4n) is 8.57. The second kappa shape index (κ2) is 11.1. The van der Waals surface area contributed by atoms with E-state index in [0.717, 1.165) is 22.5 Å². The van der Waals surface area contributed by atoms with Gasteiger partial charge in [-0.25, -0.2) is 0 Å². The van der Waals surface area contributed by atoms with Gasteiger partial charge in [-0.2, -0.15) is 0 Å². The van der Waals surface area contributed by atoms with Crippen molar-refractivity contribution < 1.29 is 4.74 Å². The van der Waals surface area contributed by atoms with E-state index in [1.54, 1.807) is 0 Å². The van der Waals surface area contributed by atoms with Gasteiger partial charge in [-0.3, -0.25) is 0 Å². The van der Waals surface area contributed by atoms with Gasteiger partial charge in [0.2, 0.25) is 0 Å². The molecular formula is C48H28N2OS2. The SMILES string of the molecule is c1ccc2c(c1)sc1cccc(-n3c4ccccc4c4cc(Oc5ccc6c(c5)c5ccccc5n6-c5cccc6sc7ccccc7c56)ccc43)c12. The lowest BCUT2D eigenvalue weighted by molar-refractivity contribution is 0.484. The Morgan fingerprint density at radius 2 is 0.717 bits per heavy atom. The number of hydrogen-bond donors (Lipinski definition) is 0. The summed E-state index contributed by atoms with van der Waals surface area (Å²) in [5, 5.41) is 9.94. The number of aromatic nitrogens is 2. The van der Waals surface area contributed by atoms with Crippen molar-refractivity contribution in [2.75, 3.05) is 0 Å². The Morgan fingerprint density at radius 3 is 1.21 bits per heavy atom. The number of rotatable bonds is 4. The molecule has 0 bridgehead atoms. The molecule has 0 saturated carbocycles. The van der Waals surface area contributed by atoms with E-state index in [2.05, 4.69) is 179 Å². The van der Waals surface area contributed by atoms with E-state index < -0.39 is 0 Å². The molecule has 12 aromatic rings. The van der Waals surface area contributed by atoms with Gasteiger partial charge >= 0.3 is 0 Å². The summed E-state index contributed by atoms with van der Waals surface area (Å²) >= 11 is 3.71. The molecule has 12 rings (SSSR count). The second-order valence-corrected chi connectivity index (χ2v) is 15.8. The third-order valence-corrected chi connectivity index (χ3v) is 13.0. The third-order valence-electron chi connectivity index (χ3n) is 10.8. The Morgan fingerprint density at radius 1 is 0.321 bits per heavy atom. The Labute approximate surface area is 311 Å². The van der Waals surface area contributed by atoms with Crippen molar-refractivity contribution in [3.63, 3.8) is 0 Å². The highest BCUT2D eigenvalue weighted by Gasteiger charge is 2.19. The van der Waals surface area contributed by atoms with E-state index in [-0.39, 0.29) is 0 Å². The highest BCUT2D eigenvalue weighted by Crippen LogP contribution is 2.44. The van der Waals surface area contributed by atoms with E-state index in [4.69, 9.17) is 4.74 Å². The molecular weight excluding hydrogens is 685 g/mol. The number of ether oxygens (including phenoxy) is 1. The average molecular weight is 713 g/mol. The van der Waals surface area contributed by atoms with Crippen molar-refractivity contribution in [1.29, 1.82) is 0 Å². The van der Waals surface area contributed by atoms with E-state index in [1.165, 1.54) is 84.3 Å². The number of benzene rings is 8. The van der Waals surface area contributed by atoms with Crippen LogP contribution in [0.2, 0.25) is 0 Å². The van der Waals surface area contributed by atoms with Crippen molar-refractivity contribution in [1.82, 2.24) is 9.13 Å². The van der Waals surface area contributed by atoms with Gasteiger partial charge in [0.25, 0.3) is 0 Å². The van der Waals surface area contributed by atoms with E-state index in [1.807, 2.05) is 22.7 Å². The zero-order chi connectivity index (χ0) is 34.6. The van der Waals surface area contributed by atoms with Crippen molar-refractivity contribution in [2.24, 2.45) is 0 Å². The highest BCUT2D eigenvalue weighted by molar-refractivity contribution is 7.26. The molecule has 248 valence electrons. The smallest absolute Gasteiger partial charge is 0.128 e. The molecule has 0 aliphatic heterocycles. The summed E-state index contributed by atoms with van der Waals surface area (Å²) in [6.45, 7) is 0. The number of para-hydroxylation sites is 2. The number of fused-ring (bicyclic) bond motifs is 12. The second-order valence-electron chi connectivity index (χ2n) is 13.7. The van der Waals surface area contributed by atoms with Crippen molar-refractivity contribution in [3.05, 3.63) is 170 Å². The molecule has 0 radical (unpaired) electrons. The monoisotopic (exact) mass is 712 g/mol. The predicted octanol–water partition coefficient (Wildman–Crippen LogP) is 14.4. The molecule has 0 unspecified atom stereocenters. The van der Waals surface area contributed by atoms with Crippen LogP contribution in [0.25, 0.3) is 95.3 Å². The minimum Gasteiger partial charge on any atom is -0.457 e. The first-order valence-electron chi connectivity index (χ1n) is 17.8. The topological polar surface area (TPSA) is 19.1 Å². The summed E-state index contributed by atoms with van der Waals surface area (Å²) in [4.78, 5) is 0. The zero-order valence-corrected chi connectivity index (χ0v) is 29.9. The molecule has 4 heterocycles. The van der Waals surface area contributed by atoms with Gasteiger partial charge in [-0.05, 0) is 84.9 Å². The van der Waals surface area contributed by atoms with E-state index in [0.29, 0.717) is 0 Å². The van der Waals surface area contributed by atoms with Gasteiger partial charge in [0, 0.05) is 61.9 Å². The fraction of sp³-hybridized carbons (Fsp3) is 0. The van der Waals surface area contributed by atoms with E-state index >= 15 is 0 Å². The normalized spacial score (nSPS) is 12.2. The first-order valence-corrected chi connectivity index (χ1v) is 19.5. The quantitative estimate of drug-likeness (QED) is 0.178. The highest BCUT2D eigenvalue weighted by atomic mass is 32.1. The van der Waals surface area contributed by atoms with Gasteiger partial charge in [-0.1, -0.05) is 84.9 Å². The fourth-order valence-corrected chi connectivity index (χ4v) is 10.8. The maximum atomic E-state index is 6.74. The van der Waals surface area contributed by atoms with Gasteiger partial charge in [0.1, 0.15) is 11.5 Å². The Balaban J connectivity index is 1.01. The standard InChI is InChI=1S/C48H28N2OS2/c1-5-15-37-31(11-1)35-27-29(23-25-39(35)49(37)41-17-9-21-45-47(41)33-13-3-7-19-43(33)52-45)51-30-24-26-40-36(28-30)32-12-2-6-16-38(32)50(40)42-18-10-22-46-48(42)34-14-4-8-20-44(34)53-46/h1-28H. The molecule has 8 aromatic carbocycles. The molecule has 0 aliphatic carbocycles.